The minimum absolute atomic E-state index is 0.0157. The summed E-state index contributed by atoms with van der Waals surface area (Å²) < 4.78 is 16.7. The molecule has 2 amide bonds. The number of piperidine rings is 1. The second-order valence-corrected chi connectivity index (χ2v) is 12.8. The molecule has 0 bridgehead atoms. The van der Waals surface area contributed by atoms with Gasteiger partial charge in [0.25, 0.3) is 5.91 Å². The van der Waals surface area contributed by atoms with Gasteiger partial charge in [-0.25, -0.2) is 0 Å². The van der Waals surface area contributed by atoms with Crippen molar-refractivity contribution in [2.24, 2.45) is 11.7 Å². The SMILES string of the molecule is CCC1(C2CCNC2)C(c2ccc(Cl)c(Cl)c2)C(C(N)=O)(c2cccs2)CCN1C(=O)c1cc(OC)c(OC)c(OC)c1. The number of benzene rings is 2. The Morgan fingerprint density at radius 1 is 1.07 bits per heavy atom. The molecule has 43 heavy (non-hydrogen) atoms. The summed E-state index contributed by atoms with van der Waals surface area (Å²) >= 11 is 14.5. The molecule has 4 unspecified atom stereocenters. The second-order valence-electron chi connectivity index (χ2n) is 11.1. The number of hydrogen-bond acceptors (Lipinski definition) is 7. The first-order valence-corrected chi connectivity index (χ1v) is 15.9. The van der Waals surface area contributed by atoms with E-state index in [2.05, 4.69) is 12.2 Å². The largest absolute Gasteiger partial charge is 0.493 e. The summed E-state index contributed by atoms with van der Waals surface area (Å²) in [5.74, 6) is 0.0661. The van der Waals surface area contributed by atoms with Gasteiger partial charge in [0.1, 0.15) is 0 Å². The number of ether oxygens (including phenoxy) is 3. The van der Waals surface area contributed by atoms with Crippen molar-refractivity contribution in [3.8, 4) is 17.2 Å². The summed E-state index contributed by atoms with van der Waals surface area (Å²) in [6.07, 6.45) is 1.73. The van der Waals surface area contributed by atoms with Crippen LogP contribution >= 0.6 is 34.5 Å². The lowest BCUT2D eigenvalue weighted by molar-refractivity contribution is -0.131. The van der Waals surface area contributed by atoms with Gasteiger partial charge in [0.05, 0.1) is 42.3 Å². The van der Waals surface area contributed by atoms with E-state index < -0.39 is 22.8 Å². The Morgan fingerprint density at radius 2 is 1.79 bits per heavy atom. The van der Waals surface area contributed by atoms with E-state index in [9.17, 15) is 9.59 Å². The zero-order valence-electron chi connectivity index (χ0n) is 24.7. The molecule has 8 nitrogen and oxygen atoms in total. The van der Waals surface area contributed by atoms with Gasteiger partial charge in [0.2, 0.25) is 11.7 Å². The van der Waals surface area contributed by atoms with Gasteiger partial charge in [-0.05, 0) is 73.0 Å². The second kappa shape index (κ2) is 12.6. The number of carbonyl (C=O) groups is 2. The van der Waals surface area contributed by atoms with Crippen LogP contribution in [0.3, 0.4) is 0 Å². The molecule has 0 radical (unpaired) electrons. The number of likely N-dealkylation sites (tertiary alicyclic amines) is 1. The quantitative estimate of drug-likeness (QED) is 0.301. The van der Waals surface area contributed by atoms with E-state index in [0.29, 0.717) is 58.8 Å². The van der Waals surface area contributed by atoms with Crippen molar-refractivity contribution < 1.29 is 23.8 Å². The molecule has 2 aromatic carbocycles. The molecule has 3 N–H and O–H groups in total. The summed E-state index contributed by atoms with van der Waals surface area (Å²) in [4.78, 5) is 31.6. The van der Waals surface area contributed by atoms with Gasteiger partial charge in [-0.1, -0.05) is 42.3 Å². The lowest BCUT2D eigenvalue weighted by Crippen LogP contribution is -2.70. The van der Waals surface area contributed by atoms with E-state index in [1.807, 2.05) is 34.5 Å². The molecule has 230 valence electrons. The topological polar surface area (TPSA) is 103 Å². The first-order valence-electron chi connectivity index (χ1n) is 14.3. The molecule has 2 aliphatic rings. The number of rotatable bonds is 9. The Morgan fingerprint density at radius 3 is 2.30 bits per heavy atom. The molecule has 11 heteroatoms. The van der Waals surface area contributed by atoms with Gasteiger partial charge >= 0.3 is 0 Å². The van der Waals surface area contributed by atoms with Crippen LogP contribution in [0.2, 0.25) is 10.0 Å². The third kappa shape index (κ3) is 5.04. The van der Waals surface area contributed by atoms with Gasteiger partial charge in [-0.3, -0.25) is 9.59 Å². The van der Waals surface area contributed by atoms with Crippen LogP contribution in [0.15, 0.2) is 47.8 Å². The predicted octanol–water partition coefficient (Wildman–Crippen LogP) is 5.89. The van der Waals surface area contributed by atoms with Crippen molar-refractivity contribution >= 4 is 46.4 Å². The van der Waals surface area contributed by atoms with Crippen LogP contribution in [-0.4, -0.2) is 63.2 Å². The van der Waals surface area contributed by atoms with Crippen LogP contribution in [-0.2, 0) is 10.2 Å². The third-order valence-corrected chi connectivity index (χ3v) is 11.2. The number of thiophene rings is 1. The zero-order chi connectivity index (χ0) is 30.9. The fourth-order valence-electron chi connectivity index (χ4n) is 7.55. The van der Waals surface area contributed by atoms with Crippen molar-refractivity contribution in [3.63, 3.8) is 0 Å². The van der Waals surface area contributed by atoms with Gasteiger partial charge in [-0.2, -0.15) is 0 Å². The molecule has 2 aliphatic heterocycles. The van der Waals surface area contributed by atoms with Crippen LogP contribution in [0.25, 0.3) is 0 Å². The van der Waals surface area contributed by atoms with Crippen LogP contribution in [0, 0.1) is 5.92 Å². The molecule has 2 saturated heterocycles. The first-order chi connectivity index (χ1) is 20.7. The predicted molar refractivity (Wildman–Crippen MR) is 170 cm³/mol. The maximum absolute atomic E-state index is 14.8. The Kier molecular flexibility index (Phi) is 9.18. The fraction of sp³-hybridized carbons (Fsp3) is 0.438. The normalized spacial score (nSPS) is 25.4. The molecule has 0 spiro atoms. The Bertz CT molecular complexity index is 1470. The number of hydrogen-bond donors (Lipinski definition) is 2. The Balaban J connectivity index is 1.80. The fourth-order valence-corrected chi connectivity index (χ4v) is 8.84. The average Bonchev–Trinajstić information content (AvgIpc) is 3.76. The molecule has 5 rings (SSSR count). The van der Waals surface area contributed by atoms with Crippen molar-refractivity contribution in [1.29, 1.82) is 0 Å². The molecule has 3 aromatic rings. The van der Waals surface area contributed by atoms with Crippen LogP contribution in [0.4, 0.5) is 0 Å². The molecule has 0 saturated carbocycles. The Labute approximate surface area is 266 Å². The van der Waals surface area contributed by atoms with Crippen LogP contribution in [0.5, 0.6) is 17.2 Å². The van der Waals surface area contributed by atoms with Gasteiger partial charge in [0.15, 0.2) is 11.5 Å². The maximum atomic E-state index is 14.8. The summed E-state index contributed by atoms with van der Waals surface area (Å²) in [5, 5.41) is 6.27. The molecule has 0 aliphatic carbocycles. The number of nitrogens with zero attached hydrogens (tertiary/aromatic N) is 1. The lowest BCUT2D eigenvalue weighted by Gasteiger charge is -2.61. The number of halogens is 2. The van der Waals surface area contributed by atoms with E-state index in [4.69, 9.17) is 43.1 Å². The molecule has 3 heterocycles. The van der Waals surface area contributed by atoms with Crippen molar-refractivity contribution in [2.45, 2.75) is 43.1 Å². The number of nitrogens with two attached hydrogens (primary N) is 1. The third-order valence-electron chi connectivity index (χ3n) is 9.39. The highest BCUT2D eigenvalue weighted by Crippen LogP contribution is 2.59. The monoisotopic (exact) mass is 645 g/mol. The minimum atomic E-state index is -1.09. The summed E-state index contributed by atoms with van der Waals surface area (Å²) in [5.41, 5.74) is 5.75. The van der Waals surface area contributed by atoms with Crippen LogP contribution in [0.1, 0.15) is 52.9 Å². The van der Waals surface area contributed by atoms with E-state index in [1.54, 1.807) is 18.2 Å². The molecule has 2 fully saturated rings. The first kappa shape index (κ1) is 31.4. The average molecular weight is 647 g/mol. The number of amides is 2. The van der Waals surface area contributed by atoms with Gasteiger partial charge in [0, 0.05) is 29.4 Å². The Hall–Kier alpha value is -2.98. The lowest BCUT2D eigenvalue weighted by atomic mass is 9.53. The number of carbonyl (C=O) groups excluding carboxylic acids is 2. The van der Waals surface area contributed by atoms with Crippen molar-refractivity contribution in [3.05, 3.63) is 73.9 Å². The molecular formula is C32H37Cl2N3O5S. The highest BCUT2D eigenvalue weighted by atomic mass is 35.5. The highest BCUT2D eigenvalue weighted by molar-refractivity contribution is 7.10. The molecular weight excluding hydrogens is 609 g/mol. The maximum Gasteiger partial charge on any atom is 0.254 e. The van der Waals surface area contributed by atoms with E-state index in [1.165, 1.54) is 32.7 Å². The zero-order valence-corrected chi connectivity index (χ0v) is 27.1. The van der Waals surface area contributed by atoms with Crippen molar-refractivity contribution in [1.82, 2.24) is 10.2 Å². The number of nitrogens with one attached hydrogen (secondary N) is 1. The molecule has 1 aromatic heterocycles. The smallest absolute Gasteiger partial charge is 0.254 e. The van der Waals surface area contributed by atoms with Crippen molar-refractivity contribution in [2.75, 3.05) is 41.0 Å². The van der Waals surface area contributed by atoms with E-state index >= 15 is 0 Å². The number of primary amides is 1. The van der Waals surface area contributed by atoms with Crippen LogP contribution < -0.4 is 25.3 Å². The number of methoxy groups -OCH3 is 3. The summed E-state index contributed by atoms with van der Waals surface area (Å²) in [7, 11) is 4.57. The summed E-state index contributed by atoms with van der Waals surface area (Å²) in [6, 6.07) is 12.8. The van der Waals surface area contributed by atoms with E-state index in [0.717, 1.165) is 23.4 Å². The highest BCUT2D eigenvalue weighted by Gasteiger charge is 2.64. The minimum Gasteiger partial charge on any atom is -0.493 e. The van der Waals surface area contributed by atoms with E-state index in [-0.39, 0.29) is 11.8 Å². The molecule has 4 atom stereocenters. The standard InChI is InChI=1S/C32H37Cl2N3O5S/c1-5-32(21-10-12-36-18-21)28(19-8-9-22(33)23(34)15-19)31(30(35)39,26-7-6-14-43-26)11-13-37(32)29(38)20-16-24(40-2)27(42-4)25(17-20)41-3/h6-9,14-17,21,28,36H,5,10-13,18H2,1-4H3,(H2,35,39). The van der Waals surface area contributed by atoms with Gasteiger partial charge < -0.3 is 30.2 Å². The van der Waals surface area contributed by atoms with Gasteiger partial charge in [-0.15, -0.1) is 11.3 Å². The summed E-state index contributed by atoms with van der Waals surface area (Å²) in [6.45, 7) is 3.89.